The quantitative estimate of drug-likeness (QED) is 0.907. The molecule has 4 nitrogen and oxygen atoms in total. The van der Waals surface area contributed by atoms with E-state index in [1.807, 2.05) is 11.4 Å². The molecular weight excluding hydrogens is 304 g/mol. The molecule has 0 saturated carbocycles. The molecule has 0 aromatic carbocycles. The third-order valence-electron chi connectivity index (χ3n) is 2.90. The number of hydrogen-bond acceptors (Lipinski definition) is 3. The number of amides is 2. The van der Waals surface area contributed by atoms with Gasteiger partial charge in [-0.15, -0.1) is 11.3 Å². The molecule has 1 aliphatic rings. The molecule has 1 unspecified atom stereocenters. The Hall–Kier alpha value is -0.880. The molecule has 0 aliphatic carbocycles. The molecule has 92 valence electrons. The molecule has 0 bridgehead atoms. The van der Waals surface area contributed by atoms with Gasteiger partial charge in [-0.05, 0) is 46.6 Å². The number of nitrogens with zero attached hydrogens (tertiary/aromatic N) is 1. The normalized spacial score (nSPS) is 20.3. The van der Waals surface area contributed by atoms with Crippen LogP contribution in [0.1, 0.15) is 28.9 Å². The number of piperidine rings is 1. The fourth-order valence-corrected chi connectivity index (χ4v) is 3.54. The molecular formula is C11H13BrN2O2S. The van der Waals surface area contributed by atoms with Crippen molar-refractivity contribution in [1.82, 2.24) is 4.90 Å². The molecule has 1 atom stereocenters. The molecule has 17 heavy (non-hydrogen) atoms. The van der Waals surface area contributed by atoms with Gasteiger partial charge in [0, 0.05) is 11.0 Å². The summed E-state index contributed by atoms with van der Waals surface area (Å²) >= 11 is 4.71. The second kappa shape index (κ2) is 5.18. The summed E-state index contributed by atoms with van der Waals surface area (Å²) in [5, 5.41) is 1.85. The standard InChI is InChI=1S/C11H13BrN2O2S/c12-7-4-6-17-9(7)11(16)14-5-2-1-3-8(14)10(13)15/h4,6,8H,1-3,5H2,(H2,13,15). The monoisotopic (exact) mass is 316 g/mol. The maximum Gasteiger partial charge on any atom is 0.265 e. The van der Waals surface area contributed by atoms with E-state index in [1.54, 1.807) is 4.90 Å². The molecule has 2 heterocycles. The van der Waals surface area contributed by atoms with E-state index in [-0.39, 0.29) is 5.91 Å². The maximum absolute atomic E-state index is 12.3. The van der Waals surface area contributed by atoms with Crippen LogP contribution in [0.4, 0.5) is 0 Å². The minimum absolute atomic E-state index is 0.102. The summed E-state index contributed by atoms with van der Waals surface area (Å²) in [6.45, 7) is 0.608. The molecule has 0 radical (unpaired) electrons. The zero-order valence-electron chi connectivity index (χ0n) is 9.19. The number of primary amides is 1. The van der Waals surface area contributed by atoms with Crippen LogP contribution in [0.25, 0.3) is 0 Å². The molecule has 1 aromatic rings. The van der Waals surface area contributed by atoms with E-state index in [2.05, 4.69) is 15.9 Å². The Morgan fingerprint density at radius 2 is 2.24 bits per heavy atom. The number of thiophene rings is 1. The molecule has 1 saturated heterocycles. The molecule has 2 amide bonds. The van der Waals surface area contributed by atoms with Crippen LogP contribution in [0.2, 0.25) is 0 Å². The summed E-state index contributed by atoms with van der Waals surface area (Å²) in [4.78, 5) is 25.9. The van der Waals surface area contributed by atoms with E-state index in [0.29, 0.717) is 17.8 Å². The van der Waals surface area contributed by atoms with Gasteiger partial charge in [-0.3, -0.25) is 9.59 Å². The summed E-state index contributed by atoms with van der Waals surface area (Å²) < 4.78 is 0.779. The number of hydrogen-bond donors (Lipinski definition) is 1. The maximum atomic E-state index is 12.3. The van der Waals surface area contributed by atoms with Crippen molar-refractivity contribution in [1.29, 1.82) is 0 Å². The minimum atomic E-state index is -0.453. The molecule has 2 rings (SSSR count). The summed E-state index contributed by atoms with van der Waals surface area (Å²) in [6.07, 6.45) is 2.55. The van der Waals surface area contributed by atoms with E-state index < -0.39 is 11.9 Å². The van der Waals surface area contributed by atoms with E-state index in [0.717, 1.165) is 17.3 Å². The van der Waals surface area contributed by atoms with Crippen molar-refractivity contribution >= 4 is 39.1 Å². The van der Waals surface area contributed by atoms with Gasteiger partial charge in [0.25, 0.3) is 5.91 Å². The molecule has 2 N–H and O–H groups in total. The smallest absolute Gasteiger partial charge is 0.265 e. The van der Waals surface area contributed by atoms with Crippen LogP contribution in [0, 0.1) is 0 Å². The van der Waals surface area contributed by atoms with Crippen molar-refractivity contribution in [3.8, 4) is 0 Å². The Morgan fingerprint density at radius 1 is 1.47 bits per heavy atom. The van der Waals surface area contributed by atoms with Crippen LogP contribution >= 0.6 is 27.3 Å². The Kier molecular flexibility index (Phi) is 3.83. The largest absolute Gasteiger partial charge is 0.368 e. The van der Waals surface area contributed by atoms with Crippen molar-refractivity contribution in [3.05, 3.63) is 20.8 Å². The summed E-state index contributed by atoms with van der Waals surface area (Å²) in [6, 6.07) is 1.38. The van der Waals surface area contributed by atoms with Crippen LogP contribution < -0.4 is 5.73 Å². The van der Waals surface area contributed by atoms with Crippen LogP contribution in [0.3, 0.4) is 0 Å². The predicted octanol–water partition coefficient (Wildman–Crippen LogP) is 1.99. The number of carbonyl (C=O) groups excluding carboxylic acids is 2. The van der Waals surface area contributed by atoms with Crippen LogP contribution in [0.5, 0.6) is 0 Å². The van der Waals surface area contributed by atoms with E-state index in [1.165, 1.54) is 11.3 Å². The highest BCUT2D eigenvalue weighted by Gasteiger charge is 2.32. The van der Waals surface area contributed by atoms with Crippen molar-refractivity contribution in [2.45, 2.75) is 25.3 Å². The topological polar surface area (TPSA) is 63.4 Å². The number of rotatable bonds is 2. The SMILES string of the molecule is NC(=O)C1CCCCN1C(=O)c1sccc1Br. The third-order valence-corrected chi connectivity index (χ3v) is 4.73. The molecule has 6 heteroatoms. The minimum Gasteiger partial charge on any atom is -0.368 e. The average Bonchev–Trinajstić information content (AvgIpc) is 2.74. The van der Waals surface area contributed by atoms with Gasteiger partial charge in [-0.1, -0.05) is 0 Å². The van der Waals surface area contributed by atoms with E-state index >= 15 is 0 Å². The lowest BCUT2D eigenvalue weighted by molar-refractivity contribution is -0.123. The van der Waals surface area contributed by atoms with E-state index in [9.17, 15) is 9.59 Å². The molecule has 1 aromatic heterocycles. The first-order chi connectivity index (χ1) is 8.11. The number of nitrogens with two attached hydrogens (primary N) is 1. The predicted molar refractivity (Wildman–Crippen MR) is 69.9 cm³/mol. The highest BCUT2D eigenvalue weighted by atomic mass is 79.9. The van der Waals surface area contributed by atoms with Gasteiger partial charge < -0.3 is 10.6 Å². The summed E-state index contributed by atoms with van der Waals surface area (Å²) in [5.41, 5.74) is 5.35. The molecule has 1 aliphatic heterocycles. The number of likely N-dealkylation sites (tertiary alicyclic amines) is 1. The number of carbonyl (C=O) groups is 2. The Labute approximate surface area is 112 Å². The average molecular weight is 317 g/mol. The van der Waals surface area contributed by atoms with Crippen LogP contribution in [-0.4, -0.2) is 29.3 Å². The Bertz CT molecular complexity index is 446. The zero-order valence-corrected chi connectivity index (χ0v) is 11.6. The number of halogens is 1. The van der Waals surface area contributed by atoms with Gasteiger partial charge in [-0.2, -0.15) is 0 Å². The van der Waals surface area contributed by atoms with Crippen LogP contribution in [-0.2, 0) is 4.79 Å². The fraction of sp³-hybridized carbons (Fsp3) is 0.455. The summed E-state index contributed by atoms with van der Waals surface area (Å²) in [7, 11) is 0. The first-order valence-electron chi connectivity index (χ1n) is 5.44. The highest BCUT2D eigenvalue weighted by Crippen LogP contribution is 2.27. The van der Waals surface area contributed by atoms with Gasteiger partial charge in [-0.25, -0.2) is 0 Å². The van der Waals surface area contributed by atoms with Gasteiger partial charge >= 0.3 is 0 Å². The van der Waals surface area contributed by atoms with Crippen molar-refractivity contribution in [2.75, 3.05) is 6.54 Å². The van der Waals surface area contributed by atoms with Crippen molar-refractivity contribution in [3.63, 3.8) is 0 Å². The van der Waals surface area contributed by atoms with Crippen LogP contribution in [0.15, 0.2) is 15.9 Å². The third kappa shape index (κ3) is 2.52. The lowest BCUT2D eigenvalue weighted by Crippen LogP contribution is -2.50. The summed E-state index contributed by atoms with van der Waals surface area (Å²) in [5.74, 6) is -0.513. The van der Waals surface area contributed by atoms with Gasteiger partial charge in [0.05, 0.1) is 0 Å². The van der Waals surface area contributed by atoms with E-state index in [4.69, 9.17) is 5.73 Å². The van der Waals surface area contributed by atoms with Gasteiger partial charge in [0.2, 0.25) is 5.91 Å². The van der Waals surface area contributed by atoms with Crippen molar-refractivity contribution < 1.29 is 9.59 Å². The fourth-order valence-electron chi connectivity index (χ4n) is 2.05. The second-order valence-electron chi connectivity index (χ2n) is 4.01. The highest BCUT2D eigenvalue weighted by molar-refractivity contribution is 9.10. The molecule has 0 spiro atoms. The Morgan fingerprint density at radius 3 is 2.82 bits per heavy atom. The van der Waals surface area contributed by atoms with Gasteiger partial charge in [0.1, 0.15) is 10.9 Å². The van der Waals surface area contributed by atoms with Gasteiger partial charge in [0.15, 0.2) is 0 Å². The first kappa shape index (κ1) is 12.6. The Balaban J connectivity index is 2.23. The first-order valence-corrected chi connectivity index (χ1v) is 7.12. The second-order valence-corrected chi connectivity index (χ2v) is 5.78. The lowest BCUT2D eigenvalue weighted by Gasteiger charge is -2.33. The van der Waals surface area contributed by atoms with Crippen molar-refractivity contribution in [2.24, 2.45) is 5.73 Å². The lowest BCUT2D eigenvalue weighted by atomic mass is 10.0. The molecule has 1 fully saturated rings. The zero-order chi connectivity index (χ0) is 12.4.